The number of hydrogen-bond donors (Lipinski definition) is 0. The van der Waals surface area contributed by atoms with Crippen LogP contribution in [0.4, 0.5) is 0 Å². The van der Waals surface area contributed by atoms with Crippen LogP contribution in [0.1, 0.15) is 45.8 Å². The number of amides is 2. The minimum absolute atomic E-state index is 0.0403. The summed E-state index contributed by atoms with van der Waals surface area (Å²) in [5.74, 6) is 0.304. The van der Waals surface area contributed by atoms with Gasteiger partial charge in [0.25, 0.3) is 0 Å². The number of thiophene rings is 1. The highest BCUT2D eigenvalue weighted by molar-refractivity contribution is 7.12. The van der Waals surface area contributed by atoms with Crippen LogP contribution in [0.5, 0.6) is 0 Å². The van der Waals surface area contributed by atoms with Crippen LogP contribution in [0.15, 0.2) is 6.07 Å². The summed E-state index contributed by atoms with van der Waals surface area (Å²) in [4.78, 5) is 45.1. The molecule has 6 nitrogen and oxygen atoms in total. The zero-order valence-corrected chi connectivity index (χ0v) is 17.1. The minimum Gasteiger partial charge on any atom is -0.342 e. The van der Waals surface area contributed by atoms with Crippen molar-refractivity contribution in [1.82, 2.24) is 14.7 Å². The quantitative estimate of drug-likeness (QED) is 0.697. The van der Waals surface area contributed by atoms with Gasteiger partial charge in [0.15, 0.2) is 5.78 Å². The summed E-state index contributed by atoms with van der Waals surface area (Å²) in [6.07, 6.45) is 2.75. The van der Waals surface area contributed by atoms with Crippen molar-refractivity contribution in [3.05, 3.63) is 21.4 Å². The molecule has 3 rings (SSSR count). The van der Waals surface area contributed by atoms with Gasteiger partial charge in [0.2, 0.25) is 11.8 Å². The largest absolute Gasteiger partial charge is 0.342 e. The van der Waals surface area contributed by atoms with E-state index in [4.69, 9.17) is 0 Å². The third-order valence-corrected chi connectivity index (χ3v) is 6.42. The zero-order valence-electron chi connectivity index (χ0n) is 16.3. The summed E-state index contributed by atoms with van der Waals surface area (Å²) in [6, 6.07) is 1.92. The Labute approximate surface area is 165 Å². The Hall–Kier alpha value is -1.73. The Morgan fingerprint density at radius 1 is 0.889 bits per heavy atom. The van der Waals surface area contributed by atoms with E-state index >= 15 is 0 Å². The molecule has 0 unspecified atom stereocenters. The maximum absolute atomic E-state index is 12.4. The number of likely N-dealkylation sites (tertiary alicyclic amines) is 1. The second-order valence-electron chi connectivity index (χ2n) is 7.49. The van der Waals surface area contributed by atoms with Crippen molar-refractivity contribution in [1.29, 1.82) is 0 Å². The predicted molar refractivity (Wildman–Crippen MR) is 106 cm³/mol. The fraction of sp³-hybridized carbons (Fsp3) is 0.650. The number of aryl methyl sites for hydroxylation is 2. The number of carbonyl (C=O) groups is 3. The lowest BCUT2D eigenvalue weighted by Gasteiger charge is -2.35. The molecule has 0 atom stereocenters. The first-order valence-electron chi connectivity index (χ1n) is 9.82. The number of Topliss-reactive ketones (excluding diaryl/α,β-unsaturated/α-hetero) is 1. The molecule has 0 bridgehead atoms. The number of hydrogen-bond acceptors (Lipinski definition) is 5. The monoisotopic (exact) mass is 391 g/mol. The Bertz CT molecular complexity index is 701. The molecule has 0 saturated carbocycles. The van der Waals surface area contributed by atoms with Crippen LogP contribution in [0.25, 0.3) is 0 Å². The Morgan fingerprint density at radius 3 is 2.11 bits per heavy atom. The summed E-state index contributed by atoms with van der Waals surface area (Å²) < 4.78 is 0. The molecule has 0 N–H and O–H groups in total. The van der Waals surface area contributed by atoms with Crippen LogP contribution < -0.4 is 0 Å². The molecule has 0 aliphatic carbocycles. The standard InChI is InChI=1S/C20H29N3O3S/c1-15-13-17(16(2)27-15)18(24)5-6-19(25)23-11-9-21(10-12-23)14-20(26)22-7-3-4-8-22/h13H,3-12,14H2,1-2H3. The first-order valence-corrected chi connectivity index (χ1v) is 10.6. The lowest BCUT2D eigenvalue weighted by Crippen LogP contribution is -2.51. The summed E-state index contributed by atoms with van der Waals surface area (Å²) in [5.41, 5.74) is 0.760. The van der Waals surface area contributed by atoms with Gasteiger partial charge in [0.05, 0.1) is 6.54 Å². The van der Waals surface area contributed by atoms with E-state index in [1.807, 2.05) is 29.7 Å². The Balaban J connectivity index is 1.40. The summed E-state index contributed by atoms with van der Waals surface area (Å²) in [5, 5.41) is 0. The number of rotatable bonds is 6. The number of ketones is 1. The molecule has 2 aliphatic heterocycles. The maximum Gasteiger partial charge on any atom is 0.236 e. The zero-order chi connectivity index (χ0) is 19.4. The number of nitrogens with zero attached hydrogens (tertiary/aromatic N) is 3. The molecule has 0 radical (unpaired) electrons. The molecule has 2 fully saturated rings. The van der Waals surface area contributed by atoms with Gasteiger partial charge < -0.3 is 9.80 Å². The van der Waals surface area contributed by atoms with Gasteiger partial charge >= 0.3 is 0 Å². The van der Waals surface area contributed by atoms with Crippen LogP contribution in [0.3, 0.4) is 0 Å². The van der Waals surface area contributed by atoms with Crippen molar-refractivity contribution >= 4 is 28.9 Å². The molecule has 148 valence electrons. The van der Waals surface area contributed by atoms with Crippen LogP contribution in [-0.4, -0.2) is 78.1 Å². The van der Waals surface area contributed by atoms with Gasteiger partial charge in [0, 0.05) is 67.4 Å². The summed E-state index contributed by atoms with van der Waals surface area (Å²) >= 11 is 1.62. The average Bonchev–Trinajstić information content (AvgIpc) is 3.29. The summed E-state index contributed by atoms with van der Waals surface area (Å²) in [6.45, 7) is 8.89. The van der Waals surface area contributed by atoms with Gasteiger partial charge in [-0.05, 0) is 32.8 Å². The first kappa shape index (κ1) is 20.0. The normalized spacial score (nSPS) is 18.1. The van der Waals surface area contributed by atoms with E-state index in [9.17, 15) is 14.4 Å². The van der Waals surface area contributed by atoms with Gasteiger partial charge in [0.1, 0.15) is 0 Å². The molecule has 0 spiro atoms. The van der Waals surface area contributed by atoms with Gasteiger partial charge in [-0.15, -0.1) is 11.3 Å². The molecule has 2 saturated heterocycles. The van der Waals surface area contributed by atoms with Crippen molar-refractivity contribution in [3.63, 3.8) is 0 Å². The number of piperazine rings is 1. The van der Waals surface area contributed by atoms with Gasteiger partial charge in [-0.3, -0.25) is 19.3 Å². The fourth-order valence-corrected chi connectivity index (χ4v) is 4.78. The molecular formula is C20H29N3O3S. The lowest BCUT2D eigenvalue weighted by molar-refractivity contribution is -0.134. The van der Waals surface area contributed by atoms with E-state index in [1.54, 1.807) is 11.3 Å². The average molecular weight is 392 g/mol. The van der Waals surface area contributed by atoms with E-state index in [0.717, 1.165) is 54.3 Å². The van der Waals surface area contributed by atoms with Crippen LogP contribution in [-0.2, 0) is 9.59 Å². The van der Waals surface area contributed by atoms with Crippen molar-refractivity contribution in [3.8, 4) is 0 Å². The Kier molecular flexibility index (Phi) is 6.65. The number of carbonyl (C=O) groups excluding carboxylic acids is 3. The van der Waals surface area contributed by atoms with Gasteiger partial charge in [-0.2, -0.15) is 0 Å². The van der Waals surface area contributed by atoms with E-state index in [2.05, 4.69) is 4.90 Å². The highest BCUT2D eigenvalue weighted by Crippen LogP contribution is 2.22. The predicted octanol–water partition coefficient (Wildman–Crippen LogP) is 2.09. The SMILES string of the molecule is Cc1cc(C(=O)CCC(=O)N2CCN(CC(=O)N3CCCC3)CC2)c(C)s1. The lowest BCUT2D eigenvalue weighted by atomic mass is 10.1. The molecule has 7 heteroatoms. The van der Waals surface area contributed by atoms with Crippen molar-refractivity contribution < 1.29 is 14.4 Å². The highest BCUT2D eigenvalue weighted by Gasteiger charge is 2.25. The van der Waals surface area contributed by atoms with Crippen LogP contribution >= 0.6 is 11.3 Å². The van der Waals surface area contributed by atoms with E-state index in [-0.39, 0.29) is 30.4 Å². The second kappa shape index (κ2) is 8.97. The smallest absolute Gasteiger partial charge is 0.236 e. The third kappa shape index (κ3) is 5.17. The van der Waals surface area contributed by atoms with E-state index < -0.39 is 0 Å². The highest BCUT2D eigenvalue weighted by atomic mass is 32.1. The molecule has 0 aromatic carbocycles. The fourth-order valence-electron chi connectivity index (χ4n) is 3.83. The van der Waals surface area contributed by atoms with E-state index in [0.29, 0.717) is 19.6 Å². The van der Waals surface area contributed by atoms with Gasteiger partial charge in [-0.25, -0.2) is 0 Å². The van der Waals surface area contributed by atoms with E-state index in [1.165, 1.54) is 0 Å². The minimum atomic E-state index is 0.0403. The second-order valence-corrected chi connectivity index (χ2v) is 8.96. The van der Waals surface area contributed by atoms with Crippen molar-refractivity contribution in [2.24, 2.45) is 0 Å². The topological polar surface area (TPSA) is 60.9 Å². The first-order chi connectivity index (χ1) is 12.9. The molecule has 1 aromatic heterocycles. The molecule has 3 heterocycles. The molecule has 2 amide bonds. The van der Waals surface area contributed by atoms with Gasteiger partial charge in [-0.1, -0.05) is 0 Å². The maximum atomic E-state index is 12.4. The molecular weight excluding hydrogens is 362 g/mol. The van der Waals surface area contributed by atoms with Crippen molar-refractivity contribution in [2.45, 2.75) is 39.5 Å². The molecule has 1 aromatic rings. The van der Waals surface area contributed by atoms with Crippen LogP contribution in [0.2, 0.25) is 0 Å². The molecule has 2 aliphatic rings. The van der Waals surface area contributed by atoms with Crippen LogP contribution in [0, 0.1) is 13.8 Å². The summed E-state index contributed by atoms with van der Waals surface area (Å²) in [7, 11) is 0. The Morgan fingerprint density at radius 2 is 1.52 bits per heavy atom. The molecule has 27 heavy (non-hydrogen) atoms. The van der Waals surface area contributed by atoms with Crippen molar-refractivity contribution in [2.75, 3.05) is 45.8 Å². The third-order valence-electron chi connectivity index (χ3n) is 5.45.